The molecule has 1 aromatic carbocycles. The molecular formula is C14H8FN5OS. The number of H-pyrrole nitrogens is 1. The summed E-state index contributed by atoms with van der Waals surface area (Å²) in [5.41, 5.74) is 0.145. The van der Waals surface area contributed by atoms with Gasteiger partial charge in [-0.05, 0) is 42.1 Å². The minimum absolute atomic E-state index is 0.145. The number of rotatable bonds is 4. The summed E-state index contributed by atoms with van der Waals surface area (Å²) in [6.07, 6.45) is 2.94. The van der Waals surface area contributed by atoms with Crippen LogP contribution in [0.2, 0.25) is 0 Å². The lowest BCUT2D eigenvalue weighted by molar-refractivity contribution is 0.475. The molecule has 0 radical (unpaired) electrons. The van der Waals surface area contributed by atoms with Crippen LogP contribution in [0.1, 0.15) is 5.69 Å². The second kappa shape index (κ2) is 6.24. The third kappa shape index (κ3) is 3.21. The van der Waals surface area contributed by atoms with Crippen molar-refractivity contribution in [3.8, 4) is 17.6 Å². The monoisotopic (exact) mass is 313 g/mol. The Hall–Kier alpha value is -2.92. The molecule has 8 heteroatoms. The van der Waals surface area contributed by atoms with Crippen LogP contribution in [0, 0.1) is 17.1 Å². The van der Waals surface area contributed by atoms with Crippen molar-refractivity contribution < 1.29 is 9.13 Å². The summed E-state index contributed by atoms with van der Waals surface area (Å²) in [5, 5.41) is 16.2. The van der Waals surface area contributed by atoms with Crippen LogP contribution in [-0.4, -0.2) is 20.2 Å². The molecule has 2 heterocycles. The van der Waals surface area contributed by atoms with Gasteiger partial charge in [-0.15, -0.1) is 0 Å². The zero-order valence-electron chi connectivity index (χ0n) is 11.0. The van der Waals surface area contributed by atoms with Gasteiger partial charge in [0.25, 0.3) is 0 Å². The molecule has 108 valence electrons. The standard InChI is InChI=1S/C14H8FN5OS/c15-9-1-3-10(4-2-9)21-13-5-11(7-17-12(13)6-16)22-14-18-8-19-20-14/h1-5,7-8H,(H,18,19,20). The number of halogens is 1. The molecule has 0 aliphatic carbocycles. The summed E-state index contributed by atoms with van der Waals surface area (Å²) in [7, 11) is 0. The summed E-state index contributed by atoms with van der Waals surface area (Å²) >= 11 is 1.30. The Morgan fingerprint density at radius 3 is 2.73 bits per heavy atom. The predicted molar refractivity (Wildman–Crippen MR) is 75.9 cm³/mol. The van der Waals surface area contributed by atoms with E-state index in [0.717, 1.165) is 4.90 Å². The highest BCUT2D eigenvalue weighted by molar-refractivity contribution is 7.99. The lowest BCUT2D eigenvalue weighted by atomic mass is 10.3. The molecule has 0 saturated heterocycles. The number of aromatic nitrogens is 4. The molecule has 0 aliphatic rings. The van der Waals surface area contributed by atoms with Crippen LogP contribution in [0.4, 0.5) is 4.39 Å². The highest BCUT2D eigenvalue weighted by atomic mass is 32.2. The number of benzene rings is 1. The summed E-state index contributed by atoms with van der Waals surface area (Å²) in [5.74, 6) is 0.348. The lowest BCUT2D eigenvalue weighted by Gasteiger charge is -2.08. The number of pyridine rings is 1. The molecule has 0 amide bonds. The van der Waals surface area contributed by atoms with Crippen LogP contribution >= 0.6 is 11.8 Å². The van der Waals surface area contributed by atoms with Crippen molar-refractivity contribution in [2.24, 2.45) is 0 Å². The third-order valence-electron chi connectivity index (χ3n) is 2.58. The molecule has 0 saturated carbocycles. The first-order chi connectivity index (χ1) is 10.7. The van der Waals surface area contributed by atoms with Gasteiger partial charge in [0, 0.05) is 11.1 Å². The topological polar surface area (TPSA) is 87.5 Å². The van der Waals surface area contributed by atoms with E-state index in [-0.39, 0.29) is 11.5 Å². The van der Waals surface area contributed by atoms with Crippen molar-refractivity contribution in [3.63, 3.8) is 0 Å². The number of ether oxygens (including phenoxy) is 1. The molecule has 0 aliphatic heterocycles. The first kappa shape index (κ1) is 14.0. The van der Waals surface area contributed by atoms with E-state index in [1.807, 2.05) is 6.07 Å². The number of nitriles is 1. The Labute approximate surface area is 129 Å². The molecule has 2 aromatic heterocycles. The molecule has 3 rings (SSSR count). The van der Waals surface area contributed by atoms with Gasteiger partial charge in [0.1, 0.15) is 24.0 Å². The molecule has 0 fully saturated rings. The van der Waals surface area contributed by atoms with Crippen LogP contribution in [0.5, 0.6) is 11.5 Å². The fourth-order valence-corrected chi connectivity index (χ4v) is 2.32. The van der Waals surface area contributed by atoms with Crippen LogP contribution in [0.3, 0.4) is 0 Å². The smallest absolute Gasteiger partial charge is 0.188 e. The number of hydrogen-bond acceptors (Lipinski definition) is 6. The Bertz CT molecular complexity index is 814. The molecular weight excluding hydrogens is 305 g/mol. The summed E-state index contributed by atoms with van der Waals surface area (Å²) in [6.45, 7) is 0. The lowest BCUT2D eigenvalue weighted by Crippen LogP contribution is -1.92. The quantitative estimate of drug-likeness (QED) is 0.796. The van der Waals surface area contributed by atoms with Gasteiger partial charge < -0.3 is 4.74 Å². The zero-order chi connectivity index (χ0) is 15.4. The maximum Gasteiger partial charge on any atom is 0.188 e. The van der Waals surface area contributed by atoms with Gasteiger partial charge in [-0.2, -0.15) is 10.4 Å². The average molecular weight is 313 g/mol. The van der Waals surface area contributed by atoms with E-state index in [0.29, 0.717) is 16.7 Å². The van der Waals surface area contributed by atoms with E-state index in [1.165, 1.54) is 42.4 Å². The Morgan fingerprint density at radius 2 is 2.05 bits per heavy atom. The van der Waals surface area contributed by atoms with E-state index in [1.54, 1.807) is 12.3 Å². The SMILES string of the molecule is N#Cc1ncc(Sc2ncn[nH]2)cc1Oc1ccc(F)cc1. The van der Waals surface area contributed by atoms with Crippen molar-refractivity contribution in [3.05, 3.63) is 54.4 Å². The van der Waals surface area contributed by atoms with Gasteiger partial charge in [-0.25, -0.2) is 14.4 Å². The maximum absolute atomic E-state index is 12.9. The second-order valence-corrected chi connectivity index (χ2v) is 5.14. The molecule has 0 atom stereocenters. The molecule has 0 unspecified atom stereocenters. The second-order valence-electron chi connectivity index (χ2n) is 4.08. The fourth-order valence-electron chi connectivity index (χ4n) is 1.63. The fraction of sp³-hybridized carbons (Fsp3) is 0. The van der Waals surface area contributed by atoms with Crippen LogP contribution in [-0.2, 0) is 0 Å². The van der Waals surface area contributed by atoms with Gasteiger partial charge in [-0.3, -0.25) is 5.10 Å². The summed E-state index contributed by atoms with van der Waals surface area (Å²) < 4.78 is 18.5. The minimum atomic E-state index is -0.361. The van der Waals surface area contributed by atoms with E-state index in [2.05, 4.69) is 20.2 Å². The van der Waals surface area contributed by atoms with Crippen LogP contribution in [0.15, 0.2) is 52.9 Å². The van der Waals surface area contributed by atoms with Crippen molar-refractivity contribution in [2.75, 3.05) is 0 Å². The number of aromatic amines is 1. The normalized spacial score (nSPS) is 10.2. The molecule has 0 spiro atoms. The third-order valence-corrected chi connectivity index (χ3v) is 3.43. The summed E-state index contributed by atoms with van der Waals surface area (Å²) in [4.78, 5) is 8.78. The average Bonchev–Trinajstić information content (AvgIpc) is 3.03. The first-order valence-electron chi connectivity index (χ1n) is 6.11. The van der Waals surface area contributed by atoms with Crippen molar-refractivity contribution in [1.82, 2.24) is 20.2 Å². The molecule has 3 aromatic rings. The van der Waals surface area contributed by atoms with Crippen molar-refractivity contribution in [2.45, 2.75) is 10.1 Å². The number of hydrogen-bond donors (Lipinski definition) is 1. The highest BCUT2D eigenvalue weighted by Gasteiger charge is 2.10. The van der Waals surface area contributed by atoms with Gasteiger partial charge >= 0.3 is 0 Å². The number of nitrogens with zero attached hydrogens (tertiary/aromatic N) is 4. The molecule has 6 nitrogen and oxygen atoms in total. The van der Waals surface area contributed by atoms with Gasteiger partial charge in [0.2, 0.25) is 0 Å². The number of nitrogens with one attached hydrogen (secondary N) is 1. The van der Waals surface area contributed by atoms with Gasteiger partial charge in [0.15, 0.2) is 16.6 Å². The predicted octanol–water partition coefficient (Wildman–Crippen LogP) is 3.15. The van der Waals surface area contributed by atoms with Crippen molar-refractivity contribution in [1.29, 1.82) is 5.26 Å². The van der Waals surface area contributed by atoms with E-state index in [4.69, 9.17) is 10.00 Å². The first-order valence-corrected chi connectivity index (χ1v) is 6.93. The zero-order valence-corrected chi connectivity index (χ0v) is 11.8. The Balaban J connectivity index is 1.87. The Kier molecular flexibility index (Phi) is 3.98. The molecule has 22 heavy (non-hydrogen) atoms. The van der Waals surface area contributed by atoms with E-state index >= 15 is 0 Å². The maximum atomic E-state index is 12.9. The van der Waals surface area contributed by atoms with E-state index in [9.17, 15) is 4.39 Å². The largest absolute Gasteiger partial charge is 0.454 e. The minimum Gasteiger partial charge on any atom is -0.454 e. The Morgan fingerprint density at radius 1 is 1.23 bits per heavy atom. The van der Waals surface area contributed by atoms with Gasteiger partial charge in [-0.1, -0.05) is 0 Å². The van der Waals surface area contributed by atoms with Crippen LogP contribution in [0.25, 0.3) is 0 Å². The molecule has 0 bridgehead atoms. The van der Waals surface area contributed by atoms with Crippen molar-refractivity contribution >= 4 is 11.8 Å². The highest BCUT2D eigenvalue weighted by Crippen LogP contribution is 2.30. The summed E-state index contributed by atoms with van der Waals surface area (Å²) in [6, 6.07) is 9.14. The van der Waals surface area contributed by atoms with E-state index < -0.39 is 0 Å². The molecule has 1 N–H and O–H groups in total. The van der Waals surface area contributed by atoms with Gasteiger partial charge in [0.05, 0.1) is 0 Å². The van der Waals surface area contributed by atoms with Crippen LogP contribution < -0.4 is 4.74 Å².